The van der Waals surface area contributed by atoms with Crippen molar-refractivity contribution in [3.63, 3.8) is 0 Å². The molecule has 6 nitrogen and oxygen atoms in total. The number of rotatable bonds is 4. The third kappa shape index (κ3) is 4.12. The summed E-state index contributed by atoms with van der Waals surface area (Å²) >= 11 is 0. The van der Waals surface area contributed by atoms with Crippen LogP contribution < -0.4 is 11.3 Å². The van der Waals surface area contributed by atoms with Crippen molar-refractivity contribution in [1.82, 2.24) is 15.2 Å². The first-order valence-electron chi connectivity index (χ1n) is 6.60. The number of nitrogens with two attached hydrogens (primary N) is 1. The first-order valence-corrected chi connectivity index (χ1v) is 6.60. The van der Waals surface area contributed by atoms with Crippen LogP contribution in [0.15, 0.2) is 4.99 Å². The molecule has 3 N–H and O–H groups in total. The van der Waals surface area contributed by atoms with Crippen molar-refractivity contribution in [3.8, 4) is 0 Å². The third-order valence-electron chi connectivity index (χ3n) is 3.43. The number of guanidine groups is 1. The van der Waals surface area contributed by atoms with Crippen LogP contribution in [0.5, 0.6) is 0 Å². The number of piperazine rings is 1. The van der Waals surface area contributed by atoms with Gasteiger partial charge in [0, 0.05) is 32.8 Å². The van der Waals surface area contributed by atoms with Gasteiger partial charge in [-0.1, -0.05) is 6.92 Å². The molecule has 0 radical (unpaired) electrons. The summed E-state index contributed by atoms with van der Waals surface area (Å²) in [7, 11) is 3.86. The lowest BCUT2D eigenvalue weighted by atomic mass is 10.1. The zero-order valence-electron chi connectivity index (χ0n) is 12.0. The van der Waals surface area contributed by atoms with E-state index in [1.807, 2.05) is 6.92 Å². The van der Waals surface area contributed by atoms with Gasteiger partial charge in [-0.05, 0) is 20.4 Å². The lowest BCUT2D eigenvalue weighted by Gasteiger charge is -2.40. The second kappa shape index (κ2) is 7.56. The van der Waals surface area contributed by atoms with Gasteiger partial charge >= 0.3 is 0 Å². The standard InChI is InChI=1S/C12H27N5O/c1-5-11-8-17(7-6-16(11)3)12(15-13)14-10(2)9-18-4/h10-11H,5-9,13H2,1-4H3,(H,14,15). The summed E-state index contributed by atoms with van der Waals surface area (Å²) in [4.78, 5) is 9.18. The number of hydrogen-bond acceptors (Lipinski definition) is 4. The van der Waals surface area contributed by atoms with Crippen LogP contribution in [0.25, 0.3) is 0 Å². The van der Waals surface area contributed by atoms with Gasteiger partial charge in [-0.25, -0.2) is 10.8 Å². The summed E-state index contributed by atoms with van der Waals surface area (Å²) in [6, 6.07) is 0.677. The minimum absolute atomic E-state index is 0.112. The Balaban J connectivity index is 2.65. The SMILES string of the molecule is CCC1CN(C(=NC(C)COC)NN)CCN1C. The molecule has 0 aliphatic carbocycles. The van der Waals surface area contributed by atoms with Gasteiger partial charge in [0.15, 0.2) is 0 Å². The average Bonchev–Trinajstić information content (AvgIpc) is 2.37. The van der Waals surface area contributed by atoms with Crippen LogP contribution in [0.2, 0.25) is 0 Å². The first-order chi connectivity index (χ1) is 8.62. The molecule has 106 valence electrons. The average molecular weight is 257 g/mol. The van der Waals surface area contributed by atoms with Crippen LogP contribution in [0.4, 0.5) is 0 Å². The Hall–Kier alpha value is -0.850. The van der Waals surface area contributed by atoms with Gasteiger partial charge < -0.3 is 9.64 Å². The largest absolute Gasteiger partial charge is 0.382 e. The van der Waals surface area contributed by atoms with E-state index in [1.165, 1.54) is 0 Å². The summed E-state index contributed by atoms with van der Waals surface area (Å²) in [5.74, 6) is 6.36. The molecule has 0 spiro atoms. The molecule has 0 aromatic carbocycles. The van der Waals surface area contributed by atoms with E-state index in [0.717, 1.165) is 32.0 Å². The molecule has 0 aromatic rings. The Kier molecular flexibility index (Phi) is 6.38. The lowest BCUT2D eigenvalue weighted by Crippen LogP contribution is -2.57. The van der Waals surface area contributed by atoms with Crippen molar-refractivity contribution < 1.29 is 4.74 Å². The van der Waals surface area contributed by atoms with Crippen LogP contribution in [-0.2, 0) is 4.74 Å². The summed E-state index contributed by atoms with van der Waals surface area (Å²) in [6.07, 6.45) is 1.14. The number of nitrogens with zero attached hydrogens (tertiary/aromatic N) is 3. The maximum Gasteiger partial charge on any atom is 0.208 e. The highest BCUT2D eigenvalue weighted by atomic mass is 16.5. The Morgan fingerprint density at radius 1 is 1.56 bits per heavy atom. The normalized spacial score (nSPS) is 24.2. The molecule has 18 heavy (non-hydrogen) atoms. The van der Waals surface area contributed by atoms with Gasteiger partial charge in [0.25, 0.3) is 0 Å². The number of ether oxygens (including phenoxy) is 1. The molecule has 0 saturated carbocycles. The Bertz CT molecular complexity index is 271. The maximum atomic E-state index is 5.59. The molecule has 1 aliphatic heterocycles. The fourth-order valence-electron chi connectivity index (χ4n) is 2.28. The molecule has 0 bridgehead atoms. The van der Waals surface area contributed by atoms with Crippen LogP contribution in [0.3, 0.4) is 0 Å². The van der Waals surface area contributed by atoms with Gasteiger partial charge in [0.2, 0.25) is 5.96 Å². The van der Waals surface area contributed by atoms with Crippen LogP contribution in [0, 0.1) is 0 Å². The third-order valence-corrected chi connectivity index (χ3v) is 3.43. The second-order valence-electron chi connectivity index (χ2n) is 4.89. The molecule has 0 aromatic heterocycles. The molecule has 1 rings (SSSR count). The number of aliphatic imine (C=N–C) groups is 1. The Morgan fingerprint density at radius 3 is 2.83 bits per heavy atom. The Morgan fingerprint density at radius 2 is 2.28 bits per heavy atom. The van der Waals surface area contributed by atoms with E-state index in [2.05, 4.69) is 34.2 Å². The molecule has 2 atom stereocenters. The molecule has 1 saturated heterocycles. The van der Waals surface area contributed by atoms with Crippen molar-refractivity contribution in [2.45, 2.75) is 32.4 Å². The highest BCUT2D eigenvalue weighted by molar-refractivity contribution is 5.79. The monoisotopic (exact) mass is 257 g/mol. The number of hydrazine groups is 1. The smallest absolute Gasteiger partial charge is 0.208 e. The fourth-order valence-corrected chi connectivity index (χ4v) is 2.28. The molecular weight excluding hydrogens is 230 g/mol. The molecule has 2 unspecified atom stereocenters. The van der Waals surface area contributed by atoms with E-state index in [-0.39, 0.29) is 6.04 Å². The van der Waals surface area contributed by atoms with E-state index < -0.39 is 0 Å². The van der Waals surface area contributed by atoms with E-state index >= 15 is 0 Å². The van der Waals surface area contributed by atoms with Crippen LogP contribution in [0.1, 0.15) is 20.3 Å². The zero-order valence-corrected chi connectivity index (χ0v) is 12.0. The molecule has 1 fully saturated rings. The van der Waals surface area contributed by atoms with Crippen molar-refractivity contribution in [2.24, 2.45) is 10.8 Å². The zero-order chi connectivity index (χ0) is 13.5. The van der Waals surface area contributed by atoms with Gasteiger partial charge in [0.05, 0.1) is 12.6 Å². The van der Waals surface area contributed by atoms with Gasteiger partial charge in [-0.3, -0.25) is 10.3 Å². The second-order valence-corrected chi connectivity index (χ2v) is 4.89. The van der Waals surface area contributed by atoms with Gasteiger partial charge in [-0.2, -0.15) is 0 Å². The van der Waals surface area contributed by atoms with Crippen molar-refractivity contribution in [1.29, 1.82) is 0 Å². The number of methoxy groups -OCH3 is 1. The predicted octanol–water partition coefficient (Wildman–Crippen LogP) is -0.133. The molecular formula is C12H27N5O. The van der Waals surface area contributed by atoms with E-state index in [0.29, 0.717) is 12.6 Å². The predicted molar refractivity (Wildman–Crippen MR) is 74.4 cm³/mol. The number of likely N-dealkylation sites (N-methyl/N-ethyl adjacent to an activating group) is 1. The maximum absolute atomic E-state index is 5.59. The molecule has 1 heterocycles. The highest BCUT2D eigenvalue weighted by Crippen LogP contribution is 2.11. The number of hydrogen-bond donors (Lipinski definition) is 2. The summed E-state index contributed by atoms with van der Waals surface area (Å²) in [5.41, 5.74) is 2.72. The topological polar surface area (TPSA) is 66.1 Å². The van der Waals surface area contributed by atoms with Gasteiger partial charge in [-0.15, -0.1) is 0 Å². The van der Waals surface area contributed by atoms with Crippen molar-refractivity contribution in [2.75, 3.05) is 40.4 Å². The van der Waals surface area contributed by atoms with E-state index in [4.69, 9.17) is 10.6 Å². The van der Waals surface area contributed by atoms with E-state index in [9.17, 15) is 0 Å². The fraction of sp³-hybridized carbons (Fsp3) is 0.917. The van der Waals surface area contributed by atoms with Crippen LogP contribution >= 0.6 is 0 Å². The molecule has 1 aliphatic rings. The van der Waals surface area contributed by atoms with Crippen LogP contribution in [-0.4, -0.2) is 68.2 Å². The minimum atomic E-state index is 0.112. The quantitative estimate of drug-likeness (QED) is 0.318. The summed E-state index contributed by atoms with van der Waals surface area (Å²) < 4.78 is 5.09. The Labute approximate surface area is 110 Å². The molecule has 0 amide bonds. The number of nitrogens with one attached hydrogen (secondary N) is 1. The summed E-state index contributed by atoms with van der Waals surface area (Å²) in [6.45, 7) is 7.80. The van der Waals surface area contributed by atoms with Crippen molar-refractivity contribution in [3.05, 3.63) is 0 Å². The lowest BCUT2D eigenvalue weighted by molar-refractivity contribution is 0.134. The molecule has 6 heteroatoms. The minimum Gasteiger partial charge on any atom is -0.382 e. The van der Waals surface area contributed by atoms with Crippen molar-refractivity contribution >= 4 is 5.96 Å². The van der Waals surface area contributed by atoms with Gasteiger partial charge in [0.1, 0.15) is 0 Å². The highest BCUT2D eigenvalue weighted by Gasteiger charge is 2.24. The first kappa shape index (κ1) is 15.2. The van der Waals surface area contributed by atoms with E-state index in [1.54, 1.807) is 7.11 Å². The summed E-state index contributed by atoms with van der Waals surface area (Å²) in [5, 5.41) is 0.